The Morgan fingerprint density at radius 2 is 1.78 bits per heavy atom. The largest absolute Gasteiger partial charge is 0.308 e. The van der Waals surface area contributed by atoms with Gasteiger partial charge in [-0.2, -0.15) is 0 Å². The van der Waals surface area contributed by atoms with E-state index >= 15 is 0 Å². The fourth-order valence-corrected chi connectivity index (χ4v) is 2.92. The molecule has 1 nitrogen and oxygen atoms in total. The predicted octanol–water partition coefficient (Wildman–Crippen LogP) is 4.13. The smallest absolute Gasteiger partial charge is 0.134 e. The van der Waals surface area contributed by atoms with Crippen molar-refractivity contribution in [2.75, 3.05) is 7.05 Å². The molecule has 0 aliphatic heterocycles. The second-order valence-electron chi connectivity index (χ2n) is 3.65. The number of benzene rings is 1. The molecular formula is C12H9ClF3NS. The third-order valence-electron chi connectivity index (χ3n) is 2.50. The SMILES string of the molecule is CNC(c1ccc(Cl)s1)c1c(F)cc(F)cc1F. The lowest BCUT2D eigenvalue weighted by atomic mass is 10.0. The Labute approximate surface area is 111 Å². The average molecular weight is 292 g/mol. The summed E-state index contributed by atoms with van der Waals surface area (Å²) in [4.78, 5) is 0.659. The van der Waals surface area contributed by atoms with E-state index in [0.29, 0.717) is 21.3 Å². The molecule has 0 saturated carbocycles. The third kappa shape index (κ3) is 2.53. The standard InChI is InChI=1S/C12H9ClF3NS/c1-17-12(9-2-3-10(13)18-9)11-7(15)4-6(14)5-8(11)16/h2-5,12,17H,1H3. The van der Waals surface area contributed by atoms with Crippen LogP contribution in [0.15, 0.2) is 24.3 Å². The molecule has 0 amide bonds. The Balaban J connectivity index is 2.51. The number of halogens is 4. The molecule has 0 aliphatic carbocycles. The van der Waals surface area contributed by atoms with E-state index in [4.69, 9.17) is 11.6 Å². The Bertz CT molecular complexity index is 547. The van der Waals surface area contributed by atoms with E-state index in [2.05, 4.69) is 5.32 Å². The van der Waals surface area contributed by atoms with E-state index in [1.54, 1.807) is 19.2 Å². The fraction of sp³-hybridized carbons (Fsp3) is 0.167. The highest BCUT2D eigenvalue weighted by Gasteiger charge is 2.23. The van der Waals surface area contributed by atoms with Crippen LogP contribution in [0.1, 0.15) is 16.5 Å². The Kier molecular flexibility index (Phi) is 3.94. The average Bonchev–Trinajstić information content (AvgIpc) is 2.69. The van der Waals surface area contributed by atoms with Crippen molar-refractivity contribution in [3.63, 3.8) is 0 Å². The van der Waals surface area contributed by atoms with Gasteiger partial charge in [0.2, 0.25) is 0 Å². The van der Waals surface area contributed by atoms with Gasteiger partial charge in [0.05, 0.1) is 10.4 Å². The Morgan fingerprint density at radius 1 is 1.17 bits per heavy atom. The molecule has 1 N–H and O–H groups in total. The summed E-state index contributed by atoms with van der Waals surface area (Å²) in [7, 11) is 1.57. The molecule has 1 atom stereocenters. The molecule has 0 aliphatic rings. The highest BCUT2D eigenvalue weighted by molar-refractivity contribution is 7.16. The van der Waals surface area contributed by atoms with Gasteiger partial charge in [-0.15, -0.1) is 11.3 Å². The molecule has 2 aromatic rings. The van der Waals surface area contributed by atoms with Gasteiger partial charge in [0.25, 0.3) is 0 Å². The molecule has 1 heterocycles. The molecule has 0 saturated heterocycles. The van der Waals surface area contributed by atoms with E-state index in [-0.39, 0.29) is 5.56 Å². The van der Waals surface area contributed by atoms with Crippen molar-refractivity contribution in [2.24, 2.45) is 0 Å². The first-order valence-electron chi connectivity index (χ1n) is 5.10. The first-order chi connectivity index (χ1) is 8.52. The lowest BCUT2D eigenvalue weighted by Gasteiger charge is -2.16. The van der Waals surface area contributed by atoms with Crippen molar-refractivity contribution in [3.8, 4) is 0 Å². The molecule has 18 heavy (non-hydrogen) atoms. The van der Waals surface area contributed by atoms with Crippen LogP contribution in [-0.2, 0) is 0 Å². The highest BCUT2D eigenvalue weighted by atomic mass is 35.5. The van der Waals surface area contributed by atoms with Gasteiger partial charge < -0.3 is 5.32 Å². The number of hydrogen-bond acceptors (Lipinski definition) is 2. The molecule has 1 unspecified atom stereocenters. The van der Waals surface area contributed by atoms with E-state index in [1.807, 2.05) is 0 Å². The van der Waals surface area contributed by atoms with Crippen molar-refractivity contribution < 1.29 is 13.2 Å². The van der Waals surface area contributed by atoms with Crippen LogP contribution in [-0.4, -0.2) is 7.05 Å². The summed E-state index contributed by atoms with van der Waals surface area (Å²) < 4.78 is 40.8. The summed E-state index contributed by atoms with van der Waals surface area (Å²) >= 11 is 7.01. The van der Waals surface area contributed by atoms with Crippen molar-refractivity contribution in [2.45, 2.75) is 6.04 Å². The quantitative estimate of drug-likeness (QED) is 0.897. The molecule has 2 rings (SSSR count). The van der Waals surface area contributed by atoms with Gasteiger partial charge in [0.15, 0.2) is 0 Å². The Hall–Kier alpha value is -1.04. The van der Waals surface area contributed by atoms with E-state index in [1.165, 1.54) is 11.3 Å². The minimum atomic E-state index is -0.937. The monoisotopic (exact) mass is 291 g/mol. The maximum absolute atomic E-state index is 13.7. The van der Waals surface area contributed by atoms with Crippen LogP contribution in [0.2, 0.25) is 4.34 Å². The van der Waals surface area contributed by atoms with Crippen molar-refractivity contribution in [1.82, 2.24) is 5.32 Å². The zero-order chi connectivity index (χ0) is 13.3. The highest BCUT2D eigenvalue weighted by Crippen LogP contribution is 2.33. The number of hydrogen-bond donors (Lipinski definition) is 1. The van der Waals surface area contributed by atoms with E-state index in [9.17, 15) is 13.2 Å². The molecule has 0 bridgehead atoms. The topological polar surface area (TPSA) is 12.0 Å². The number of rotatable bonds is 3. The molecule has 1 aromatic carbocycles. The van der Waals surface area contributed by atoms with Gasteiger partial charge in [0.1, 0.15) is 17.5 Å². The minimum absolute atomic E-state index is 0.211. The van der Waals surface area contributed by atoms with Crippen LogP contribution in [0.25, 0.3) is 0 Å². The summed E-state index contributed by atoms with van der Waals surface area (Å²) in [6.07, 6.45) is 0. The maximum Gasteiger partial charge on any atom is 0.134 e. The normalized spacial score (nSPS) is 12.7. The Morgan fingerprint density at radius 3 is 2.22 bits per heavy atom. The summed E-state index contributed by atoms with van der Waals surface area (Å²) in [6, 6.07) is 3.96. The van der Waals surface area contributed by atoms with E-state index < -0.39 is 23.5 Å². The lowest BCUT2D eigenvalue weighted by Crippen LogP contribution is -2.19. The number of nitrogens with one attached hydrogen (secondary N) is 1. The van der Waals surface area contributed by atoms with Crippen LogP contribution in [0.5, 0.6) is 0 Å². The van der Waals surface area contributed by atoms with Crippen LogP contribution in [0.4, 0.5) is 13.2 Å². The summed E-state index contributed by atoms with van der Waals surface area (Å²) in [6.45, 7) is 0. The van der Waals surface area contributed by atoms with Crippen molar-refractivity contribution >= 4 is 22.9 Å². The van der Waals surface area contributed by atoms with Crippen LogP contribution >= 0.6 is 22.9 Å². The van der Waals surface area contributed by atoms with Gasteiger partial charge in [0, 0.05) is 22.6 Å². The summed E-state index contributed by atoms with van der Waals surface area (Å²) in [5.74, 6) is -2.78. The third-order valence-corrected chi connectivity index (χ3v) is 3.80. The molecule has 6 heteroatoms. The van der Waals surface area contributed by atoms with Gasteiger partial charge in [-0.1, -0.05) is 11.6 Å². The van der Waals surface area contributed by atoms with E-state index in [0.717, 1.165) is 0 Å². The zero-order valence-electron chi connectivity index (χ0n) is 9.31. The summed E-state index contributed by atoms with van der Waals surface area (Å²) in [5, 5.41) is 2.80. The van der Waals surface area contributed by atoms with Gasteiger partial charge in [-0.3, -0.25) is 0 Å². The first-order valence-corrected chi connectivity index (χ1v) is 6.29. The fourth-order valence-electron chi connectivity index (χ4n) is 1.74. The predicted molar refractivity (Wildman–Crippen MR) is 66.5 cm³/mol. The van der Waals surface area contributed by atoms with Crippen LogP contribution in [0, 0.1) is 17.5 Å². The first kappa shape index (κ1) is 13.4. The van der Waals surface area contributed by atoms with Crippen LogP contribution < -0.4 is 5.32 Å². The molecule has 1 aromatic heterocycles. The van der Waals surface area contributed by atoms with Gasteiger partial charge in [-0.25, -0.2) is 13.2 Å². The molecule has 96 valence electrons. The second-order valence-corrected chi connectivity index (χ2v) is 5.39. The second kappa shape index (κ2) is 5.30. The van der Waals surface area contributed by atoms with Crippen molar-refractivity contribution in [3.05, 3.63) is 56.5 Å². The minimum Gasteiger partial charge on any atom is -0.308 e. The molecule has 0 spiro atoms. The summed E-state index contributed by atoms with van der Waals surface area (Å²) in [5.41, 5.74) is -0.211. The van der Waals surface area contributed by atoms with Crippen LogP contribution in [0.3, 0.4) is 0 Å². The lowest BCUT2D eigenvalue weighted by molar-refractivity contribution is 0.502. The van der Waals surface area contributed by atoms with Crippen molar-refractivity contribution in [1.29, 1.82) is 0 Å². The molecule has 0 fully saturated rings. The van der Waals surface area contributed by atoms with Gasteiger partial charge in [-0.05, 0) is 19.2 Å². The molecular weight excluding hydrogens is 283 g/mol. The molecule has 0 radical (unpaired) electrons. The maximum atomic E-state index is 13.7. The zero-order valence-corrected chi connectivity index (χ0v) is 10.9. The number of thiophene rings is 1. The van der Waals surface area contributed by atoms with Gasteiger partial charge >= 0.3 is 0 Å².